The van der Waals surface area contributed by atoms with Crippen LogP contribution >= 0.6 is 24.0 Å². The fourth-order valence-corrected chi connectivity index (χ4v) is 7.34. The average Bonchev–Trinajstić information content (AvgIpc) is 3.37. The number of hydrogen-bond acceptors (Lipinski definition) is 5. The number of rotatable bonds is 14. The molecule has 46 heavy (non-hydrogen) atoms. The van der Waals surface area contributed by atoms with E-state index in [-0.39, 0.29) is 77.8 Å². The predicted octanol–water partition coefficient (Wildman–Crippen LogP) is 6.76. The number of aromatic nitrogens is 1. The molecule has 0 saturated carbocycles. The first-order valence-corrected chi connectivity index (χ1v) is 17.1. The lowest BCUT2D eigenvalue weighted by Crippen LogP contribution is -2.60. The van der Waals surface area contributed by atoms with Crippen molar-refractivity contribution >= 4 is 57.3 Å². The number of hydrogen-bond donors (Lipinski definition) is 3. The van der Waals surface area contributed by atoms with E-state index in [0.717, 1.165) is 6.07 Å². The van der Waals surface area contributed by atoms with Gasteiger partial charge in [-0.3, -0.25) is 14.4 Å². The molecule has 1 heterocycles. The molecular weight excluding hydrogens is 639 g/mol. The Hall–Kier alpha value is -3.25. The zero-order chi connectivity index (χ0) is 33.8. The monoisotopic (exact) mass is 677 g/mol. The Bertz CT molecular complexity index is 1620. The Morgan fingerprint density at radius 3 is 2.48 bits per heavy atom. The summed E-state index contributed by atoms with van der Waals surface area (Å²) in [5.74, 6) is -2.67. The van der Waals surface area contributed by atoms with Gasteiger partial charge in [0.2, 0.25) is 5.91 Å². The van der Waals surface area contributed by atoms with Gasteiger partial charge in [0.15, 0.2) is 5.78 Å². The molecule has 4 N–H and O–H groups in total. The first-order valence-electron chi connectivity index (χ1n) is 15.3. The van der Waals surface area contributed by atoms with Gasteiger partial charge in [-0.25, -0.2) is 4.39 Å². The molecule has 4 atom stereocenters. The highest BCUT2D eigenvalue weighted by molar-refractivity contribution is 7.98. The highest BCUT2D eigenvalue weighted by Gasteiger charge is 2.46. The minimum absolute atomic E-state index is 0.0176. The maximum Gasteiger partial charge on any atom is 0.418 e. The van der Waals surface area contributed by atoms with Crippen LogP contribution in [-0.2, 0) is 39.8 Å². The number of para-hydroxylation sites is 1. The Balaban J connectivity index is 1.70. The molecular formula is C34H39F4N3O3S2. The normalized spacial score (nSPS) is 18.4. The maximum absolute atomic E-state index is 14.3. The van der Waals surface area contributed by atoms with E-state index in [1.54, 1.807) is 18.4 Å². The molecule has 2 aromatic carbocycles. The zero-order valence-corrected chi connectivity index (χ0v) is 27.7. The Morgan fingerprint density at radius 1 is 1.13 bits per heavy atom. The molecule has 0 bridgehead atoms. The molecule has 0 fully saturated rings. The second-order valence-electron chi connectivity index (χ2n) is 12.2. The lowest BCUT2D eigenvalue weighted by molar-refractivity contribution is -0.136. The van der Waals surface area contributed by atoms with Crippen LogP contribution in [0.25, 0.3) is 10.9 Å². The van der Waals surface area contributed by atoms with Crippen molar-refractivity contribution in [1.82, 2.24) is 10.3 Å². The van der Waals surface area contributed by atoms with E-state index < -0.39 is 40.8 Å². The number of Topliss-reactive ketones (excluding diaryl/α,β-unsaturated/α-hetero) is 2. The number of H-pyrrole nitrogens is 1. The van der Waals surface area contributed by atoms with Crippen molar-refractivity contribution in [1.29, 1.82) is 0 Å². The molecule has 1 aliphatic carbocycles. The third kappa shape index (κ3) is 7.82. The number of amides is 1. The fourth-order valence-electron chi connectivity index (χ4n) is 6.35. The molecule has 4 rings (SSSR count). The molecule has 0 spiro atoms. The van der Waals surface area contributed by atoms with Crippen LogP contribution < -0.4 is 11.1 Å². The number of thiocarbonyl (C=S) groups is 1. The largest absolute Gasteiger partial charge is 0.418 e. The van der Waals surface area contributed by atoms with E-state index in [9.17, 15) is 31.9 Å². The van der Waals surface area contributed by atoms with Crippen LogP contribution in [0.2, 0.25) is 0 Å². The number of nitrogens with one attached hydrogen (secondary N) is 2. The van der Waals surface area contributed by atoms with E-state index in [4.69, 9.17) is 18.0 Å². The number of aryl methyl sites for hydroxylation is 1. The number of ketones is 2. The standard InChI is InChI=1S/C34H39F4N3O3S2/c1-4-19(2)24(31(39)45)16-29(43)33(13-12-28-25(17-33)23-9-7-10-26(30(23)40-28)34(36,37)38)41-32(44)21(18-46-3)15-22(42)14-20-8-5-6-11-27(20)35/h5-11,19,21,24,40H,4,12-18H2,1-3H3,(H2,39,45)(H,41,44)/t19?,21-,24-,33+/m0/s1. The Labute approximate surface area is 275 Å². The molecule has 1 aliphatic rings. The van der Waals surface area contributed by atoms with Crippen LogP contribution in [-0.4, -0.2) is 45.0 Å². The van der Waals surface area contributed by atoms with Gasteiger partial charge in [0.1, 0.15) is 17.1 Å². The van der Waals surface area contributed by atoms with Crippen molar-refractivity contribution in [2.24, 2.45) is 23.5 Å². The van der Waals surface area contributed by atoms with E-state index in [2.05, 4.69) is 10.3 Å². The van der Waals surface area contributed by atoms with Crippen molar-refractivity contribution in [3.63, 3.8) is 0 Å². The van der Waals surface area contributed by atoms with Gasteiger partial charge in [0.25, 0.3) is 0 Å². The number of thioether (sulfide) groups is 1. The van der Waals surface area contributed by atoms with Gasteiger partial charge < -0.3 is 16.0 Å². The average molecular weight is 678 g/mol. The molecule has 12 heteroatoms. The number of aromatic amines is 1. The Kier molecular flexibility index (Phi) is 11.4. The molecule has 1 amide bonds. The molecule has 248 valence electrons. The lowest BCUT2D eigenvalue weighted by atomic mass is 9.73. The number of nitrogens with two attached hydrogens (primary N) is 1. The van der Waals surface area contributed by atoms with Crippen molar-refractivity contribution in [3.05, 3.63) is 70.7 Å². The predicted molar refractivity (Wildman–Crippen MR) is 177 cm³/mol. The third-order valence-corrected chi connectivity index (χ3v) is 10.2. The van der Waals surface area contributed by atoms with Gasteiger partial charge in [-0.1, -0.05) is 62.8 Å². The van der Waals surface area contributed by atoms with E-state index in [0.29, 0.717) is 23.1 Å². The van der Waals surface area contributed by atoms with Gasteiger partial charge in [-0.2, -0.15) is 24.9 Å². The van der Waals surface area contributed by atoms with Crippen LogP contribution in [0, 0.1) is 23.6 Å². The summed E-state index contributed by atoms with van der Waals surface area (Å²) in [5.41, 5.74) is 5.07. The highest BCUT2D eigenvalue weighted by Crippen LogP contribution is 2.41. The molecule has 0 saturated heterocycles. The molecule has 0 radical (unpaired) electrons. The van der Waals surface area contributed by atoms with Crippen molar-refractivity contribution in [3.8, 4) is 0 Å². The first-order chi connectivity index (χ1) is 21.7. The lowest BCUT2D eigenvalue weighted by Gasteiger charge is -2.39. The summed E-state index contributed by atoms with van der Waals surface area (Å²) in [4.78, 5) is 44.5. The van der Waals surface area contributed by atoms with E-state index >= 15 is 0 Å². The van der Waals surface area contributed by atoms with Crippen LogP contribution in [0.3, 0.4) is 0 Å². The van der Waals surface area contributed by atoms with Crippen LogP contribution in [0.1, 0.15) is 61.9 Å². The second kappa shape index (κ2) is 14.7. The first kappa shape index (κ1) is 35.6. The summed E-state index contributed by atoms with van der Waals surface area (Å²) in [5, 5.41) is 3.33. The summed E-state index contributed by atoms with van der Waals surface area (Å²) in [6.07, 6.45) is -2.16. The number of halogens is 4. The number of fused-ring (bicyclic) bond motifs is 3. The van der Waals surface area contributed by atoms with Gasteiger partial charge in [0, 0.05) is 48.4 Å². The number of alkyl halides is 3. The maximum atomic E-state index is 14.3. The van der Waals surface area contributed by atoms with Crippen molar-refractivity contribution in [2.75, 3.05) is 12.0 Å². The molecule has 1 aromatic heterocycles. The fraction of sp³-hybridized carbons (Fsp3) is 0.471. The topological polar surface area (TPSA) is 105 Å². The second-order valence-corrected chi connectivity index (χ2v) is 13.6. The molecule has 0 aliphatic heterocycles. The number of carbonyl (C=O) groups excluding carboxylic acids is 3. The minimum atomic E-state index is -4.59. The summed E-state index contributed by atoms with van der Waals surface area (Å²) >= 11 is 6.67. The molecule has 6 nitrogen and oxygen atoms in total. The number of carbonyl (C=O) groups is 3. The third-order valence-electron chi connectivity index (χ3n) is 9.17. The van der Waals surface area contributed by atoms with E-state index in [1.165, 1.54) is 36.0 Å². The van der Waals surface area contributed by atoms with Gasteiger partial charge >= 0.3 is 6.18 Å². The smallest absolute Gasteiger partial charge is 0.393 e. The summed E-state index contributed by atoms with van der Waals surface area (Å²) in [6, 6.07) is 9.87. The number of benzene rings is 2. The molecule has 3 aromatic rings. The van der Waals surface area contributed by atoms with Crippen LogP contribution in [0.4, 0.5) is 17.6 Å². The summed E-state index contributed by atoms with van der Waals surface area (Å²) < 4.78 is 55.9. The highest BCUT2D eigenvalue weighted by atomic mass is 32.2. The van der Waals surface area contributed by atoms with Gasteiger partial charge in [0.05, 0.1) is 22.0 Å². The summed E-state index contributed by atoms with van der Waals surface area (Å²) in [7, 11) is 0. The molecule has 1 unspecified atom stereocenters. The van der Waals surface area contributed by atoms with Crippen LogP contribution in [0.15, 0.2) is 42.5 Å². The van der Waals surface area contributed by atoms with Crippen LogP contribution in [0.5, 0.6) is 0 Å². The zero-order valence-electron chi connectivity index (χ0n) is 26.1. The minimum Gasteiger partial charge on any atom is -0.393 e. The Morgan fingerprint density at radius 2 is 1.85 bits per heavy atom. The van der Waals surface area contributed by atoms with Crippen molar-refractivity contribution < 1.29 is 31.9 Å². The van der Waals surface area contributed by atoms with Gasteiger partial charge in [-0.05, 0) is 48.3 Å². The quantitative estimate of drug-likeness (QED) is 0.129. The SMILES string of the molecule is CCC(C)[C@H](CC(=O)[C@@]1(NC(=O)[C@H](CSC)CC(=O)Cc2ccccc2F)CCc2[nH]c3c(C(F)(F)F)cccc3c2C1)C(N)=S. The van der Waals surface area contributed by atoms with E-state index in [1.807, 2.05) is 13.8 Å². The van der Waals surface area contributed by atoms with Crippen molar-refractivity contribution in [2.45, 2.75) is 70.5 Å². The summed E-state index contributed by atoms with van der Waals surface area (Å²) in [6.45, 7) is 3.90. The van der Waals surface area contributed by atoms with Gasteiger partial charge in [-0.15, -0.1) is 0 Å².